The van der Waals surface area contributed by atoms with Gasteiger partial charge in [-0.15, -0.1) is 0 Å². The summed E-state index contributed by atoms with van der Waals surface area (Å²) in [6, 6.07) is 4.85. The van der Waals surface area contributed by atoms with Crippen molar-refractivity contribution in [3.63, 3.8) is 0 Å². The lowest BCUT2D eigenvalue weighted by molar-refractivity contribution is -0.170. The fourth-order valence-corrected chi connectivity index (χ4v) is 3.22. The van der Waals surface area contributed by atoms with Crippen LogP contribution < -0.4 is 9.64 Å². The molecule has 1 aliphatic rings. The van der Waals surface area contributed by atoms with Gasteiger partial charge in [0.25, 0.3) is 0 Å². The molecular formula is C18H17F2N5O2. The van der Waals surface area contributed by atoms with Crippen LogP contribution in [0.15, 0.2) is 30.7 Å². The molecular weight excluding hydrogens is 356 g/mol. The molecule has 2 aromatic heterocycles. The van der Waals surface area contributed by atoms with Gasteiger partial charge in [-0.3, -0.25) is 5.41 Å². The average molecular weight is 373 g/mol. The van der Waals surface area contributed by atoms with E-state index in [-0.39, 0.29) is 5.75 Å². The first-order valence-corrected chi connectivity index (χ1v) is 8.31. The van der Waals surface area contributed by atoms with E-state index in [9.17, 15) is 8.78 Å². The largest absolute Gasteiger partial charge is 0.429 e. The van der Waals surface area contributed by atoms with E-state index >= 15 is 0 Å². The summed E-state index contributed by atoms with van der Waals surface area (Å²) >= 11 is 0. The fraction of sp³-hybridized carbons (Fsp3) is 0.278. The molecule has 0 aliphatic carbocycles. The number of hydrogen-bond acceptors (Lipinski definition) is 5. The van der Waals surface area contributed by atoms with Gasteiger partial charge in [0.05, 0.1) is 24.3 Å². The topological polar surface area (TPSA) is 87.1 Å². The van der Waals surface area contributed by atoms with Crippen molar-refractivity contribution in [2.45, 2.75) is 12.5 Å². The van der Waals surface area contributed by atoms with E-state index in [0.717, 1.165) is 27.8 Å². The van der Waals surface area contributed by atoms with Crippen molar-refractivity contribution in [1.82, 2.24) is 15.0 Å². The van der Waals surface area contributed by atoms with Crippen molar-refractivity contribution >= 4 is 23.1 Å². The summed E-state index contributed by atoms with van der Waals surface area (Å²) in [4.78, 5) is 12.9. The first-order valence-electron chi connectivity index (χ1n) is 8.31. The van der Waals surface area contributed by atoms with Crippen LogP contribution in [0.25, 0.3) is 22.3 Å². The minimum atomic E-state index is -3.35. The Morgan fingerprint density at radius 3 is 3.04 bits per heavy atom. The number of anilines is 1. The van der Waals surface area contributed by atoms with E-state index in [2.05, 4.69) is 15.0 Å². The van der Waals surface area contributed by atoms with Crippen LogP contribution >= 0.6 is 0 Å². The van der Waals surface area contributed by atoms with E-state index < -0.39 is 12.7 Å². The van der Waals surface area contributed by atoms with Gasteiger partial charge >= 0.3 is 6.11 Å². The molecule has 0 spiro atoms. The second kappa shape index (κ2) is 6.58. The lowest BCUT2D eigenvalue weighted by Gasteiger charge is -2.32. The van der Waals surface area contributed by atoms with Crippen LogP contribution in [0.1, 0.15) is 5.56 Å². The van der Waals surface area contributed by atoms with Crippen LogP contribution in [0.5, 0.6) is 5.75 Å². The minimum Gasteiger partial charge on any atom is -0.429 e. The number of ether oxygens (including phenoxy) is 2. The molecule has 0 saturated carbocycles. The van der Waals surface area contributed by atoms with E-state index in [1.54, 1.807) is 19.2 Å². The van der Waals surface area contributed by atoms with Gasteiger partial charge in [-0.25, -0.2) is 9.97 Å². The summed E-state index contributed by atoms with van der Waals surface area (Å²) in [7, 11) is 1.64. The predicted molar refractivity (Wildman–Crippen MR) is 96.6 cm³/mol. The number of halogens is 2. The second-order valence-electron chi connectivity index (χ2n) is 6.18. The molecule has 0 atom stereocenters. The van der Waals surface area contributed by atoms with E-state index in [4.69, 9.17) is 14.9 Å². The highest BCUT2D eigenvalue weighted by molar-refractivity contribution is 5.95. The molecule has 4 rings (SSSR count). The lowest BCUT2D eigenvalue weighted by atomic mass is 10.0. The van der Waals surface area contributed by atoms with Crippen molar-refractivity contribution in [2.24, 2.45) is 0 Å². The van der Waals surface area contributed by atoms with Crippen LogP contribution in [-0.4, -0.2) is 47.7 Å². The summed E-state index contributed by atoms with van der Waals surface area (Å²) in [6.07, 6.45) is 1.53. The Balaban J connectivity index is 1.83. The molecule has 3 aromatic rings. The lowest BCUT2D eigenvalue weighted by Crippen LogP contribution is -2.44. The number of rotatable bonds is 5. The molecule has 3 heterocycles. The predicted octanol–water partition coefficient (Wildman–Crippen LogP) is 3.21. The first-order chi connectivity index (χ1) is 13.0. The third-order valence-electron chi connectivity index (χ3n) is 4.44. The van der Waals surface area contributed by atoms with Crippen LogP contribution in [0.3, 0.4) is 0 Å². The zero-order valence-corrected chi connectivity index (χ0v) is 14.5. The molecule has 0 bridgehead atoms. The maximum atomic E-state index is 13.7. The Kier molecular flexibility index (Phi) is 4.23. The summed E-state index contributed by atoms with van der Waals surface area (Å²) in [6.45, 7) is -0.161. The Morgan fingerprint density at radius 1 is 1.41 bits per heavy atom. The van der Waals surface area contributed by atoms with E-state index in [0.29, 0.717) is 30.1 Å². The van der Waals surface area contributed by atoms with Crippen LogP contribution in [0.2, 0.25) is 0 Å². The molecule has 2 N–H and O–H groups in total. The molecule has 0 amide bonds. The van der Waals surface area contributed by atoms with Gasteiger partial charge in [0.2, 0.25) is 0 Å². The molecule has 9 heteroatoms. The molecule has 0 fully saturated rings. The van der Waals surface area contributed by atoms with Crippen molar-refractivity contribution in [2.75, 3.05) is 25.2 Å². The fourth-order valence-electron chi connectivity index (χ4n) is 3.22. The average Bonchev–Trinajstić information content (AvgIpc) is 3.08. The smallest absolute Gasteiger partial charge is 0.416 e. The molecule has 1 aliphatic heterocycles. The van der Waals surface area contributed by atoms with E-state index in [1.165, 1.54) is 12.4 Å². The highest BCUT2D eigenvalue weighted by Gasteiger charge is 2.40. The van der Waals surface area contributed by atoms with Crippen molar-refractivity contribution in [3.8, 4) is 17.0 Å². The number of nitrogens with zero attached hydrogens (tertiary/aromatic N) is 3. The minimum absolute atomic E-state index is 0.0254. The van der Waals surface area contributed by atoms with Crippen LogP contribution in [0, 0.1) is 5.41 Å². The highest BCUT2D eigenvalue weighted by atomic mass is 19.3. The Labute approximate surface area is 153 Å². The quantitative estimate of drug-likeness (QED) is 0.530. The van der Waals surface area contributed by atoms with Gasteiger partial charge in [-0.2, -0.15) is 8.78 Å². The standard InChI is InChI=1S/C18H17F2N5O2/c1-26-5-4-12-7-22-17-15(12)16(23-10-24-17)11-2-3-14-13(6-11)25(9-21)8-18(19,20)27-14/h2-3,6-7,9-10,21H,4-5,8H2,1H3,(H,22,23,24). The molecule has 27 heavy (non-hydrogen) atoms. The summed E-state index contributed by atoms with van der Waals surface area (Å²) in [5.74, 6) is 0.0254. The van der Waals surface area contributed by atoms with Crippen molar-refractivity contribution in [1.29, 1.82) is 5.41 Å². The number of fused-ring (bicyclic) bond motifs is 2. The van der Waals surface area contributed by atoms with Gasteiger partial charge in [-0.1, -0.05) is 0 Å². The third kappa shape index (κ3) is 3.10. The normalized spacial score (nSPS) is 15.4. The van der Waals surface area contributed by atoms with Gasteiger partial charge in [0, 0.05) is 24.3 Å². The van der Waals surface area contributed by atoms with Gasteiger partial charge < -0.3 is 19.4 Å². The van der Waals surface area contributed by atoms with Gasteiger partial charge in [0.1, 0.15) is 24.3 Å². The SMILES string of the molecule is COCCc1c[nH]c2ncnc(-c3ccc4c(c3)N(C=N)CC(F)(F)O4)c12. The molecule has 0 radical (unpaired) electrons. The molecule has 0 saturated heterocycles. The molecule has 1 aromatic carbocycles. The number of H-pyrrole nitrogens is 1. The third-order valence-corrected chi connectivity index (χ3v) is 4.44. The maximum absolute atomic E-state index is 13.7. The number of methoxy groups -OCH3 is 1. The van der Waals surface area contributed by atoms with Crippen LogP contribution in [0.4, 0.5) is 14.5 Å². The second-order valence-corrected chi connectivity index (χ2v) is 6.18. The maximum Gasteiger partial charge on any atom is 0.416 e. The summed E-state index contributed by atoms with van der Waals surface area (Å²) in [5, 5.41) is 8.32. The molecule has 140 valence electrons. The van der Waals surface area contributed by atoms with Crippen LogP contribution in [-0.2, 0) is 11.2 Å². The van der Waals surface area contributed by atoms with Gasteiger partial charge in [0.15, 0.2) is 0 Å². The Morgan fingerprint density at radius 2 is 2.26 bits per heavy atom. The first kappa shape index (κ1) is 17.3. The van der Waals surface area contributed by atoms with Crippen molar-refractivity contribution < 1.29 is 18.3 Å². The monoisotopic (exact) mass is 373 g/mol. The number of aromatic nitrogens is 3. The number of hydrogen-bond donors (Lipinski definition) is 2. The summed E-state index contributed by atoms with van der Waals surface area (Å²) < 4.78 is 37.3. The van der Waals surface area contributed by atoms with E-state index in [1.807, 2.05) is 6.20 Å². The van der Waals surface area contributed by atoms with Crippen molar-refractivity contribution in [3.05, 3.63) is 36.3 Å². The number of nitrogens with one attached hydrogen (secondary N) is 2. The zero-order chi connectivity index (χ0) is 19.0. The summed E-state index contributed by atoms with van der Waals surface area (Å²) in [5.41, 5.74) is 3.49. The number of benzene rings is 1. The molecule has 7 nitrogen and oxygen atoms in total. The number of aromatic amines is 1. The highest BCUT2D eigenvalue weighted by Crippen LogP contribution is 2.41. The zero-order valence-electron chi connectivity index (χ0n) is 14.5. The molecule has 0 unspecified atom stereocenters. The van der Waals surface area contributed by atoms with Gasteiger partial charge in [-0.05, 0) is 30.2 Å². The Bertz CT molecular complexity index is 1000. The number of alkyl halides is 2. The Hall–Kier alpha value is -3.07.